The van der Waals surface area contributed by atoms with Crippen molar-refractivity contribution in [3.05, 3.63) is 69.8 Å². The largest absolute Gasteiger partial charge is 0.507 e. The number of benzene rings is 3. The molecule has 0 spiro atoms. The van der Waals surface area contributed by atoms with Gasteiger partial charge < -0.3 is 14.8 Å². The van der Waals surface area contributed by atoms with Crippen molar-refractivity contribution in [3.8, 4) is 5.75 Å². The average molecular weight is 446 g/mol. The van der Waals surface area contributed by atoms with Crippen LogP contribution in [-0.4, -0.2) is 22.7 Å². The highest BCUT2D eigenvalue weighted by Gasteiger charge is 2.22. The number of phenolic OH excluding ortho intramolecular Hbond substituents is 1. The van der Waals surface area contributed by atoms with Crippen molar-refractivity contribution in [2.24, 2.45) is 0 Å². The third kappa shape index (κ3) is 3.90. The second-order valence-corrected chi connectivity index (χ2v) is 8.38. The molecular weight excluding hydrogens is 429 g/mol. The first-order chi connectivity index (χ1) is 14.0. The molecule has 0 aliphatic rings. The number of thioether (sulfide) groups is 1. The van der Waals surface area contributed by atoms with E-state index in [1.165, 1.54) is 11.8 Å². The van der Waals surface area contributed by atoms with E-state index in [9.17, 15) is 9.90 Å². The van der Waals surface area contributed by atoms with Crippen molar-refractivity contribution in [3.63, 3.8) is 0 Å². The number of nitrogens with one attached hydrogen (secondary N) is 1. The van der Waals surface area contributed by atoms with E-state index < -0.39 is 5.97 Å². The van der Waals surface area contributed by atoms with Gasteiger partial charge in [0.05, 0.1) is 17.7 Å². The molecule has 0 unspecified atom stereocenters. The van der Waals surface area contributed by atoms with Crippen molar-refractivity contribution in [1.29, 1.82) is 0 Å². The molecule has 0 radical (unpaired) electrons. The zero-order valence-corrected chi connectivity index (χ0v) is 17.8. The van der Waals surface area contributed by atoms with Crippen LogP contribution in [0.5, 0.6) is 5.75 Å². The van der Waals surface area contributed by atoms with Crippen LogP contribution < -0.4 is 0 Å². The van der Waals surface area contributed by atoms with Gasteiger partial charge in [0.25, 0.3) is 0 Å². The highest BCUT2D eigenvalue weighted by atomic mass is 35.5. The average Bonchev–Trinajstić information content (AvgIpc) is 3.04. The Morgan fingerprint density at radius 3 is 2.45 bits per heavy atom. The van der Waals surface area contributed by atoms with Crippen molar-refractivity contribution in [2.45, 2.75) is 17.6 Å². The number of aromatic hydroxyl groups is 1. The number of carbonyl (C=O) groups excluding carboxylic acids is 1. The zero-order chi connectivity index (χ0) is 20.5. The van der Waals surface area contributed by atoms with Gasteiger partial charge in [0, 0.05) is 42.5 Å². The first-order valence-electron chi connectivity index (χ1n) is 8.99. The molecule has 0 atom stereocenters. The molecule has 0 saturated carbocycles. The highest BCUT2D eigenvalue weighted by molar-refractivity contribution is 7.98. The Hall–Kier alpha value is -2.34. The van der Waals surface area contributed by atoms with Crippen LogP contribution in [0.15, 0.2) is 53.4 Å². The second kappa shape index (κ2) is 8.19. The summed E-state index contributed by atoms with van der Waals surface area (Å²) in [7, 11) is 0. The van der Waals surface area contributed by atoms with E-state index in [0.717, 1.165) is 26.9 Å². The van der Waals surface area contributed by atoms with Crippen molar-refractivity contribution in [1.82, 2.24) is 4.98 Å². The molecule has 4 nitrogen and oxygen atoms in total. The van der Waals surface area contributed by atoms with Crippen LogP contribution >= 0.6 is 35.0 Å². The number of aromatic amines is 1. The molecule has 1 heterocycles. The summed E-state index contributed by atoms with van der Waals surface area (Å²) >= 11 is 13.7. The molecule has 0 aliphatic carbocycles. The third-order valence-electron chi connectivity index (χ3n) is 4.57. The lowest BCUT2D eigenvalue weighted by Crippen LogP contribution is -2.06. The van der Waals surface area contributed by atoms with Crippen LogP contribution in [0, 0.1) is 0 Å². The van der Waals surface area contributed by atoms with E-state index >= 15 is 0 Å². The number of H-pyrrole nitrogens is 1. The minimum atomic E-state index is -0.423. The van der Waals surface area contributed by atoms with Gasteiger partial charge >= 0.3 is 5.97 Å². The van der Waals surface area contributed by atoms with Crippen molar-refractivity contribution < 1.29 is 14.6 Å². The van der Waals surface area contributed by atoms with Gasteiger partial charge in [-0.3, -0.25) is 0 Å². The molecule has 0 bridgehead atoms. The lowest BCUT2D eigenvalue weighted by molar-refractivity contribution is 0.0528. The van der Waals surface area contributed by atoms with E-state index in [2.05, 4.69) is 4.98 Å². The van der Waals surface area contributed by atoms with Crippen LogP contribution in [0.3, 0.4) is 0 Å². The normalized spacial score (nSPS) is 11.3. The Morgan fingerprint density at radius 1 is 1.07 bits per heavy atom. The quantitative estimate of drug-likeness (QED) is 0.261. The number of halogens is 2. The van der Waals surface area contributed by atoms with E-state index in [1.807, 2.05) is 36.4 Å². The summed E-state index contributed by atoms with van der Waals surface area (Å²) in [6.07, 6.45) is 0. The summed E-state index contributed by atoms with van der Waals surface area (Å²) in [6, 6.07) is 14.5. The maximum absolute atomic E-state index is 12.7. The molecule has 2 N–H and O–H groups in total. The minimum Gasteiger partial charge on any atom is -0.507 e. The predicted molar refractivity (Wildman–Crippen MR) is 119 cm³/mol. The molecule has 3 aromatic carbocycles. The number of fused-ring (bicyclic) bond motifs is 3. The van der Waals surface area contributed by atoms with Crippen LogP contribution in [0.4, 0.5) is 0 Å². The summed E-state index contributed by atoms with van der Waals surface area (Å²) in [5.74, 6) is 0.181. The van der Waals surface area contributed by atoms with Gasteiger partial charge in [-0.25, -0.2) is 4.79 Å². The number of esters is 1. The molecule has 148 valence electrons. The number of aromatic nitrogens is 1. The van der Waals surface area contributed by atoms with Crippen LogP contribution in [0.2, 0.25) is 10.0 Å². The maximum Gasteiger partial charge on any atom is 0.340 e. The van der Waals surface area contributed by atoms with Gasteiger partial charge in [-0.2, -0.15) is 0 Å². The summed E-state index contributed by atoms with van der Waals surface area (Å²) in [5, 5.41) is 13.8. The maximum atomic E-state index is 12.7. The monoisotopic (exact) mass is 445 g/mol. The van der Waals surface area contributed by atoms with E-state index in [0.29, 0.717) is 26.7 Å². The Bertz CT molecular complexity index is 1220. The molecule has 29 heavy (non-hydrogen) atoms. The number of ether oxygens (including phenoxy) is 1. The number of carbonyl (C=O) groups is 1. The summed E-state index contributed by atoms with van der Waals surface area (Å²) in [4.78, 5) is 17.0. The summed E-state index contributed by atoms with van der Waals surface area (Å²) in [5.41, 5.74) is 1.94. The Kier molecular flexibility index (Phi) is 5.63. The lowest BCUT2D eigenvalue weighted by Gasteiger charge is -2.06. The fraction of sp³-hybridized carbons (Fsp3) is 0.136. The SMILES string of the molecule is CCOC(=O)c1c(CSc2cc(Cl)cc(Cl)c2)[nH]c2c1cc(O)c1ccccc12. The molecule has 1 aromatic heterocycles. The van der Waals surface area contributed by atoms with E-state index in [-0.39, 0.29) is 12.4 Å². The van der Waals surface area contributed by atoms with Crippen molar-refractivity contribution >= 4 is 62.6 Å². The van der Waals surface area contributed by atoms with Gasteiger partial charge in [-0.05, 0) is 31.2 Å². The predicted octanol–water partition coefficient (Wildman–Crippen LogP) is 6.80. The smallest absolute Gasteiger partial charge is 0.340 e. The van der Waals surface area contributed by atoms with Crippen LogP contribution in [0.25, 0.3) is 21.7 Å². The Labute approximate surface area is 181 Å². The fourth-order valence-electron chi connectivity index (χ4n) is 3.38. The first-order valence-corrected chi connectivity index (χ1v) is 10.7. The highest BCUT2D eigenvalue weighted by Crippen LogP contribution is 2.37. The molecule has 0 saturated heterocycles. The van der Waals surface area contributed by atoms with Gasteiger partial charge in [-0.1, -0.05) is 47.5 Å². The number of hydrogen-bond acceptors (Lipinski definition) is 4. The number of phenols is 1. The molecule has 4 rings (SSSR count). The fourth-order valence-corrected chi connectivity index (χ4v) is 4.98. The molecule has 0 amide bonds. The molecule has 4 aromatic rings. The molecule has 0 fully saturated rings. The van der Waals surface area contributed by atoms with Gasteiger partial charge in [-0.15, -0.1) is 11.8 Å². The zero-order valence-electron chi connectivity index (χ0n) is 15.5. The van der Waals surface area contributed by atoms with Gasteiger partial charge in [0.15, 0.2) is 0 Å². The third-order valence-corrected chi connectivity index (χ3v) is 6.01. The van der Waals surface area contributed by atoms with Crippen LogP contribution in [0.1, 0.15) is 23.0 Å². The van der Waals surface area contributed by atoms with Gasteiger partial charge in [0.2, 0.25) is 0 Å². The second-order valence-electron chi connectivity index (χ2n) is 6.46. The summed E-state index contributed by atoms with van der Waals surface area (Å²) < 4.78 is 5.29. The van der Waals surface area contributed by atoms with E-state index in [1.54, 1.807) is 19.1 Å². The Balaban J connectivity index is 1.84. The topological polar surface area (TPSA) is 62.3 Å². The molecule has 7 heteroatoms. The standard InChI is InChI=1S/C22H17Cl2NO3S/c1-2-28-22(27)20-17-10-19(26)15-5-3-4-6-16(15)21(17)25-18(20)11-29-14-8-12(23)7-13(24)9-14/h3-10,25-26H,2,11H2,1H3. The van der Waals surface area contributed by atoms with Crippen LogP contribution in [-0.2, 0) is 10.5 Å². The molecule has 0 aliphatic heterocycles. The number of rotatable bonds is 5. The minimum absolute atomic E-state index is 0.124. The van der Waals surface area contributed by atoms with Gasteiger partial charge in [0.1, 0.15) is 5.75 Å². The summed E-state index contributed by atoms with van der Waals surface area (Å²) in [6.45, 7) is 2.03. The molecular formula is C22H17Cl2NO3S. The first kappa shape index (κ1) is 20.0. The van der Waals surface area contributed by atoms with Crippen molar-refractivity contribution in [2.75, 3.05) is 6.61 Å². The van der Waals surface area contributed by atoms with E-state index in [4.69, 9.17) is 27.9 Å². The number of hydrogen-bond donors (Lipinski definition) is 2. The lowest BCUT2D eigenvalue weighted by atomic mass is 10.0. The Morgan fingerprint density at radius 2 is 1.76 bits per heavy atom.